The van der Waals surface area contributed by atoms with Crippen molar-refractivity contribution in [2.75, 3.05) is 12.3 Å². The zero-order chi connectivity index (χ0) is 12.3. The van der Waals surface area contributed by atoms with Crippen LogP contribution in [-0.4, -0.2) is 48.0 Å². The molecule has 1 heterocycles. The van der Waals surface area contributed by atoms with Gasteiger partial charge in [-0.1, -0.05) is 0 Å². The van der Waals surface area contributed by atoms with E-state index in [0.717, 1.165) is 4.90 Å². The molecule has 90 valence electrons. The van der Waals surface area contributed by atoms with Crippen molar-refractivity contribution in [1.82, 2.24) is 10.2 Å². The first-order valence-corrected chi connectivity index (χ1v) is 6.00. The second-order valence-electron chi connectivity index (χ2n) is 3.22. The maximum atomic E-state index is 11.2. The summed E-state index contributed by atoms with van der Waals surface area (Å²) in [5.74, 6) is -1.90. The van der Waals surface area contributed by atoms with Crippen molar-refractivity contribution < 1.29 is 27.4 Å². The average Bonchev–Trinajstić information content (AvgIpc) is 2.07. The second kappa shape index (κ2) is 4.58. The normalized spacial score (nSPS) is 17.6. The summed E-state index contributed by atoms with van der Waals surface area (Å²) < 4.78 is 29.2. The highest BCUT2D eigenvalue weighted by Gasteiger charge is 2.30. The summed E-state index contributed by atoms with van der Waals surface area (Å²) in [6.07, 6.45) is -0.510. The maximum Gasteiger partial charge on any atom is 0.330 e. The van der Waals surface area contributed by atoms with Gasteiger partial charge in [0.15, 0.2) is 0 Å². The lowest BCUT2D eigenvalue weighted by atomic mass is 10.3. The van der Waals surface area contributed by atoms with Gasteiger partial charge in [0, 0.05) is 6.54 Å². The molecule has 16 heavy (non-hydrogen) atoms. The molecule has 0 aromatic rings. The number of carbonyl (C=O) groups is 3. The molecule has 0 unspecified atom stereocenters. The molecule has 1 fully saturated rings. The van der Waals surface area contributed by atoms with Gasteiger partial charge in [-0.15, -0.1) is 0 Å². The van der Waals surface area contributed by atoms with Gasteiger partial charge in [-0.3, -0.25) is 24.4 Å². The van der Waals surface area contributed by atoms with Gasteiger partial charge in [-0.05, 0) is 6.42 Å². The third kappa shape index (κ3) is 3.59. The Labute approximate surface area is 91.3 Å². The van der Waals surface area contributed by atoms with E-state index in [9.17, 15) is 22.8 Å². The zero-order valence-corrected chi connectivity index (χ0v) is 8.99. The van der Waals surface area contributed by atoms with Gasteiger partial charge in [0.2, 0.25) is 11.8 Å². The Morgan fingerprint density at radius 1 is 1.31 bits per heavy atom. The lowest BCUT2D eigenvalue weighted by Gasteiger charge is -2.24. The molecule has 0 spiro atoms. The second-order valence-corrected chi connectivity index (χ2v) is 4.79. The van der Waals surface area contributed by atoms with E-state index >= 15 is 0 Å². The molecule has 2 N–H and O–H groups in total. The Balaban J connectivity index is 2.51. The minimum atomic E-state index is -4.11. The van der Waals surface area contributed by atoms with E-state index < -0.39 is 40.1 Å². The topological polar surface area (TPSA) is 121 Å². The predicted octanol–water partition coefficient (Wildman–Crippen LogP) is -1.27. The van der Waals surface area contributed by atoms with Crippen molar-refractivity contribution in [3.8, 4) is 0 Å². The van der Waals surface area contributed by atoms with Crippen molar-refractivity contribution in [3.63, 3.8) is 0 Å². The fraction of sp³-hybridized carbons (Fsp3) is 0.571. The maximum absolute atomic E-state index is 11.2. The minimum Gasteiger partial charge on any atom is -0.286 e. The fourth-order valence-corrected chi connectivity index (χ4v) is 1.70. The molecule has 4 amide bonds. The largest absolute Gasteiger partial charge is 0.330 e. The van der Waals surface area contributed by atoms with Gasteiger partial charge in [0.05, 0.1) is 5.75 Å². The van der Waals surface area contributed by atoms with E-state index in [-0.39, 0.29) is 13.0 Å². The molecule has 1 saturated heterocycles. The smallest absolute Gasteiger partial charge is 0.286 e. The van der Waals surface area contributed by atoms with E-state index in [0.29, 0.717) is 0 Å². The summed E-state index contributed by atoms with van der Waals surface area (Å²) in [4.78, 5) is 33.8. The van der Waals surface area contributed by atoms with Gasteiger partial charge in [0.25, 0.3) is 10.1 Å². The number of rotatable bonds is 4. The Bertz CT molecular complexity index is 408. The van der Waals surface area contributed by atoms with Crippen LogP contribution in [0, 0.1) is 0 Å². The quantitative estimate of drug-likeness (QED) is 0.474. The molecule has 0 saturated carbocycles. The zero-order valence-electron chi connectivity index (χ0n) is 8.17. The Morgan fingerprint density at radius 3 is 2.44 bits per heavy atom. The summed E-state index contributed by atoms with van der Waals surface area (Å²) in [6, 6.07) is -0.864. The summed E-state index contributed by atoms with van der Waals surface area (Å²) >= 11 is 0. The molecule has 0 aromatic carbocycles. The van der Waals surface area contributed by atoms with Gasteiger partial charge in [0.1, 0.15) is 6.42 Å². The summed E-state index contributed by atoms with van der Waals surface area (Å²) in [7, 11) is -4.11. The van der Waals surface area contributed by atoms with Crippen LogP contribution >= 0.6 is 0 Å². The molecule has 1 aliphatic rings. The molecule has 0 atom stereocenters. The molecule has 0 aromatic heterocycles. The monoisotopic (exact) mass is 250 g/mol. The van der Waals surface area contributed by atoms with E-state index in [1.165, 1.54) is 0 Å². The van der Waals surface area contributed by atoms with Crippen LogP contribution in [0.3, 0.4) is 0 Å². The van der Waals surface area contributed by atoms with Crippen LogP contribution in [0.4, 0.5) is 4.79 Å². The van der Waals surface area contributed by atoms with Crippen LogP contribution in [0.2, 0.25) is 0 Å². The molecule has 1 aliphatic heterocycles. The number of barbiturate groups is 1. The summed E-state index contributed by atoms with van der Waals surface area (Å²) in [5, 5.41) is 1.92. The number of amides is 4. The number of hydrogen-bond acceptors (Lipinski definition) is 5. The highest BCUT2D eigenvalue weighted by Crippen LogP contribution is 2.04. The molecule has 0 bridgehead atoms. The van der Waals surface area contributed by atoms with Crippen LogP contribution in [0.5, 0.6) is 0 Å². The number of carbonyl (C=O) groups excluding carboxylic acids is 3. The third-order valence-corrected chi connectivity index (χ3v) is 2.69. The third-order valence-electron chi connectivity index (χ3n) is 1.89. The first-order chi connectivity index (χ1) is 7.29. The van der Waals surface area contributed by atoms with Crippen LogP contribution in [0.25, 0.3) is 0 Å². The van der Waals surface area contributed by atoms with Gasteiger partial charge >= 0.3 is 6.03 Å². The van der Waals surface area contributed by atoms with Crippen LogP contribution < -0.4 is 5.32 Å². The molecule has 0 radical (unpaired) electrons. The van der Waals surface area contributed by atoms with Crippen molar-refractivity contribution in [2.24, 2.45) is 0 Å². The number of urea groups is 1. The number of nitrogens with one attached hydrogen (secondary N) is 1. The first kappa shape index (κ1) is 12.6. The fourth-order valence-electron chi connectivity index (χ4n) is 1.21. The standard InChI is InChI=1S/C7H10N2O6S/c10-5-4-6(11)9(7(12)8-5)2-1-3-16(13,14)15/h1-4H2,(H,8,10,12)(H,13,14,15). The molecule has 0 aliphatic carbocycles. The molecule has 8 nitrogen and oxygen atoms in total. The van der Waals surface area contributed by atoms with Gasteiger partial charge in [-0.25, -0.2) is 4.79 Å². The number of hydrogen-bond donors (Lipinski definition) is 2. The van der Waals surface area contributed by atoms with Crippen molar-refractivity contribution in [3.05, 3.63) is 0 Å². The highest BCUT2D eigenvalue weighted by molar-refractivity contribution is 7.85. The van der Waals surface area contributed by atoms with Crippen LogP contribution in [0.15, 0.2) is 0 Å². The van der Waals surface area contributed by atoms with E-state index in [2.05, 4.69) is 0 Å². The predicted molar refractivity (Wildman–Crippen MR) is 50.9 cm³/mol. The Kier molecular flexibility index (Phi) is 3.60. The molecular formula is C7H10N2O6S. The van der Waals surface area contributed by atoms with Gasteiger partial charge in [-0.2, -0.15) is 8.42 Å². The van der Waals surface area contributed by atoms with E-state index in [1.807, 2.05) is 5.32 Å². The molecule has 9 heteroatoms. The van der Waals surface area contributed by atoms with E-state index in [1.54, 1.807) is 0 Å². The lowest BCUT2D eigenvalue weighted by molar-refractivity contribution is -0.136. The molecule has 1 rings (SSSR count). The molecular weight excluding hydrogens is 240 g/mol. The Morgan fingerprint density at radius 2 is 1.94 bits per heavy atom. The van der Waals surface area contributed by atoms with Crippen molar-refractivity contribution in [2.45, 2.75) is 12.8 Å². The SMILES string of the molecule is O=C1CC(=O)N(CCCS(=O)(=O)O)C(=O)N1. The number of nitrogens with zero attached hydrogens (tertiary/aromatic N) is 1. The van der Waals surface area contributed by atoms with Crippen LogP contribution in [0.1, 0.15) is 12.8 Å². The Hall–Kier alpha value is -1.48. The van der Waals surface area contributed by atoms with Crippen molar-refractivity contribution >= 4 is 28.0 Å². The summed E-state index contributed by atoms with van der Waals surface area (Å²) in [6.45, 7) is -0.155. The summed E-state index contributed by atoms with van der Waals surface area (Å²) in [5.41, 5.74) is 0. The minimum absolute atomic E-state index is 0.0772. The van der Waals surface area contributed by atoms with Crippen LogP contribution in [-0.2, 0) is 19.7 Å². The first-order valence-electron chi connectivity index (χ1n) is 4.39. The van der Waals surface area contributed by atoms with E-state index in [4.69, 9.17) is 4.55 Å². The van der Waals surface area contributed by atoms with Gasteiger partial charge < -0.3 is 0 Å². The average molecular weight is 250 g/mol. The lowest BCUT2D eigenvalue weighted by Crippen LogP contribution is -2.53. The highest BCUT2D eigenvalue weighted by atomic mass is 32.2. The van der Waals surface area contributed by atoms with Crippen molar-refractivity contribution in [1.29, 1.82) is 0 Å². The number of imide groups is 2.